The van der Waals surface area contributed by atoms with Gasteiger partial charge in [-0.25, -0.2) is 4.68 Å². The van der Waals surface area contributed by atoms with Crippen molar-refractivity contribution in [3.05, 3.63) is 29.8 Å². The van der Waals surface area contributed by atoms with Gasteiger partial charge < -0.3 is 11.1 Å². The van der Waals surface area contributed by atoms with Gasteiger partial charge in [0, 0.05) is 19.3 Å². The van der Waals surface area contributed by atoms with E-state index in [1.54, 1.807) is 11.7 Å². The molecule has 0 bridgehead atoms. The van der Waals surface area contributed by atoms with Crippen LogP contribution in [0, 0.1) is 0 Å². The first-order chi connectivity index (χ1) is 7.25. The first kappa shape index (κ1) is 9.45. The van der Waals surface area contributed by atoms with Crippen LogP contribution in [0.3, 0.4) is 0 Å². The van der Waals surface area contributed by atoms with E-state index in [1.807, 2.05) is 24.3 Å². The Bertz CT molecular complexity index is 432. The molecule has 1 aromatic carbocycles. The molecule has 78 valence electrons. The zero-order valence-electron chi connectivity index (χ0n) is 8.38. The molecule has 0 saturated carbocycles. The van der Waals surface area contributed by atoms with Gasteiger partial charge in [-0.15, -0.1) is 0 Å². The lowest BCUT2D eigenvalue weighted by Crippen LogP contribution is -2.05. The highest BCUT2D eigenvalue weighted by molar-refractivity contribution is 5.40. The van der Waals surface area contributed by atoms with Crippen LogP contribution in [0.25, 0.3) is 0 Å². The quantitative estimate of drug-likeness (QED) is 0.707. The Morgan fingerprint density at radius 1 is 1.33 bits per heavy atom. The van der Waals surface area contributed by atoms with E-state index in [-0.39, 0.29) is 0 Å². The Hall–Kier alpha value is -2.11. The number of nitrogens with two attached hydrogens (primary N) is 1. The molecular formula is C9H12N6. The molecule has 0 aliphatic rings. The molecule has 1 aromatic heterocycles. The molecule has 3 N–H and O–H groups in total. The summed E-state index contributed by atoms with van der Waals surface area (Å²) < 4.78 is 1.58. The van der Waals surface area contributed by atoms with Gasteiger partial charge in [-0.2, -0.15) is 0 Å². The molecule has 1 heterocycles. The van der Waals surface area contributed by atoms with Gasteiger partial charge in [0.1, 0.15) is 0 Å². The second-order valence-electron chi connectivity index (χ2n) is 3.22. The van der Waals surface area contributed by atoms with Gasteiger partial charge >= 0.3 is 0 Å². The lowest BCUT2D eigenvalue weighted by molar-refractivity contribution is 0.712. The predicted molar refractivity (Wildman–Crippen MR) is 57.0 cm³/mol. The van der Waals surface area contributed by atoms with Crippen LogP contribution in [0.1, 0.15) is 5.56 Å². The Morgan fingerprint density at radius 3 is 2.67 bits per heavy atom. The minimum atomic E-state index is 0.645. The molecule has 0 aliphatic carbocycles. The number of aromatic nitrogens is 4. The normalized spacial score (nSPS) is 10.2. The highest BCUT2D eigenvalue weighted by Gasteiger charge is 2.00. The van der Waals surface area contributed by atoms with Crippen LogP contribution in [0.4, 0.5) is 11.6 Å². The number of nitrogens with one attached hydrogen (secondary N) is 1. The summed E-state index contributed by atoms with van der Waals surface area (Å²) in [7, 11) is 1.78. The van der Waals surface area contributed by atoms with Crippen molar-refractivity contribution in [1.29, 1.82) is 0 Å². The summed E-state index contributed by atoms with van der Waals surface area (Å²) in [6, 6.07) is 7.66. The van der Waals surface area contributed by atoms with Crippen LogP contribution in [-0.2, 0) is 13.6 Å². The number of hydrogen-bond donors (Lipinski definition) is 2. The number of tetrazole rings is 1. The van der Waals surface area contributed by atoms with Crippen molar-refractivity contribution in [3.8, 4) is 0 Å². The van der Waals surface area contributed by atoms with Crippen LogP contribution < -0.4 is 11.1 Å². The Morgan fingerprint density at radius 2 is 2.07 bits per heavy atom. The van der Waals surface area contributed by atoms with E-state index in [2.05, 4.69) is 20.8 Å². The lowest BCUT2D eigenvalue weighted by Gasteiger charge is -2.04. The number of hydrogen-bond acceptors (Lipinski definition) is 5. The Balaban J connectivity index is 1.99. The Labute approximate surface area is 87.1 Å². The van der Waals surface area contributed by atoms with Gasteiger partial charge in [0.15, 0.2) is 0 Å². The van der Waals surface area contributed by atoms with Gasteiger partial charge in [-0.05, 0) is 28.1 Å². The van der Waals surface area contributed by atoms with E-state index in [1.165, 1.54) is 0 Å². The molecular weight excluding hydrogens is 192 g/mol. The summed E-state index contributed by atoms with van der Waals surface area (Å²) in [5.74, 6) is 0.645. The molecule has 2 rings (SSSR count). The van der Waals surface area contributed by atoms with E-state index >= 15 is 0 Å². The third-order valence-electron chi connectivity index (χ3n) is 2.05. The average molecular weight is 204 g/mol. The number of rotatable bonds is 3. The van der Waals surface area contributed by atoms with Crippen molar-refractivity contribution in [2.75, 3.05) is 11.1 Å². The largest absolute Gasteiger partial charge is 0.399 e. The SMILES string of the molecule is Cn1nnnc1NCc1ccc(N)cc1. The topological polar surface area (TPSA) is 81.7 Å². The molecule has 2 aromatic rings. The molecule has 0 unspecified atom stereocenters. The summed E-state index contributed by atoms with van der Waals surface area (Å²) >= 11 is 0. The van der Waals surface area contributed by atoms with E-state index in [9.17, 15) is 0 Å². The summed E-state index contributed by atoms with van der Waals surface area (Å²) in [6.07, 6.45) is 0. The average Bonchev–Trinajstić information content (AvgIpc) is 2.63. The standard InChI is InChI=1S/C9H12N6/c1-15-9(12-13-14-15)11-6-7-2-4-8(10)5-3-7/h2-5H,6,10H2,1H3,(H,11,12,14). The van der Waals surface area contributed by atoms with Crippen molar-refractivity contribution in [3.63, 3.8) is 0 Å². The van der Waals surface area contributed by atoms with Crippen molar-refractivity contribution in [2.24, 2.45) is 7.05 Å². The van der Waals surface area contributed by atoms with E-state index < -0.39 is 0 Å². The summed E-state index contributed by atoms with van der Waals surface area (Å²) in [6.45, 7) is 0.675. The molecule has 0 radical (unpaired) electrons. The summed E-state index contributed by atoms with van der Waals surface area (Å²) in [5, 5.41) is 14.2. The zero-order chi connectivity index (χ0) is 10.7. The fraction of sp³-hybridized carbons (Fsp3) is 0.222. The molecule has 0 aliphatic heterocycles. The molecule has 0 amide bonds. The number of nitrogens with zero attached hydrogens (tertiary/aromatic N) is 4. The van der Waals surface area contributed by atoms with Crippen molar-refractivity contribution < 1.29 is 0 Å². The number of nitrogen functional groups attached to an aromatic ring is 1. The lowest BCUT2D eigenvalue weighted by atomic mass is 10.2. The fourth-order valence-corrected chi connectivity index (χ4v) is 1.20. The van der Waals surface area contributed by atoms with Crippen molar-refractivity contribution in [1.82, 2.24) is 20.2 Å². The molecule has 0 atom stereocenters. The van der Waals surface area contributed by atoms with Crippen LogP contribution in [0.5, 0.6) is 0 Å². The number of anilines is 2. The third kappa shape index (κ3) is 2.22. The number of benzene rings is 1. The second-order valence-corrected chi connectivity index (χ2v) is 3.22. The van der Waals surface area contributed by atoms with Gasteiger partial charge in [0.05, 0.1) is 0 Å². The van der Waals surface area contributed by atoms with E-state index in [0.29, 0.717) is 12.5 Å². The van der Waals surface area contributed by atoms with Crippen LogP contribution in [0.15, 0.2) is 24.3 Å². The molecule has 0 spiro atoms. The number of aryl methyl sites for hydroxylation is 1. The van der Waals surface area contributed by atoms with Crippen molar-refractivity contribution >= 4 is 11.6 Å². The fourth-order valence-electron chi connectivity index (χ4n) is 1.20. The van der Waals surface area contributed by atoms with Crippen LogP contribution in [0.2, 0.25) is 0 Å². The first-order valence-electron chi connectivity index (χ1n) is 4.56. The monoisotopic (exact) mass is 204 g/mol. The third-order valence-corrected chi connectivity index (χ3v) is 2.05. The van der Waals surface area contributed by atoms with Crippen molar-refractivity contribution in [2.45, 2.75) is 6.54 Å². The van der Waals surface area contributed by atoms with Crippen LogP contribution >= 0.6 is 0 Å². The van der Waals surface area contributed by atoms with E-state index in [0.717, 1.165) is 11.3 Å². The summed E-state index contributed by atoms with van der Waals surface area (Å²) in [4.78, 5) is 0. The highest BCUT2D eigenvalue weighted by Crippen LogP contribution is 2.07. The van der Waals surface area contributed by atoms with Gasteiger partial charge in [0.2, 0.25) is 5.95 Å². The smallest absolute Gasteiger partial charge is 0.242 e. The molecule has 15 heavy (non-hydrogen) atoms. The van der Waals surface area contributed by atoms with Gasteiger partial charge in [-0.1, -0.05) is 17.2 Å². The zero-order valence-corrected chi connectivity index (χ0v) is 8.38. The summed E-state index contributed by atoms with van der Waals surface area (Å²) in [5.41, 5.74) is 7.48. The van der Waals surface area contributed by atoms with Crippen LogP contribution in [-0.4, -0.2) is 20.2 Å². The molecule has 0 fully saturated rings. The molecule has 0 saturated heterocycles. The first-order valence-corrected chi connectivity index (χ1v) is 4.56. The second kappa shape index (κ2) is 3.95. The minimum Gasteiger partial charge on any atom is -0.399 e. The maximum atomic E-state index is 5.58. The van der Waals surface area contributed by atoms with Gasteiger partial charge in [-0.3, -0.25) is 0 Å². The highest BCUT2D eigenvalue weighted by atomic mass is 15.6. The van der Waals surface area contributed by atoms with E-state index in [4.69, 9.17) is 5.73 Å². The molecule has 6 heteroatoms. The maximum absolute atomic E-state index is 5.58. The van der Waals surface area contributed by atoms with Gasteiger partial charge in [0.25, 0.3) is 0 Å². The molecule has 6 nitrogen and oxygen atoms in total. The Kier molecular flexibility index (Phi) is 2.49. The maximum Gasteiger partial charge on any atom is 0.242 e. The minimum absolute atomic E-state index is 0.645. The predicted octanol–water partition coefficient (Wildman–Crippen LogP) is 0.404.